The number of hydrogen-bond acceptors (Lipinski definition) is 5. The lowest BCUT2D eigenvalue weighted by Gasteiger charge is -2.17. The van der Waals surface area contributed by atoms with Crippen LogP contribution in [0.5, 0.6) is 0 Å². The van der Waals surface area contributed by atoms with Crippen molar-refractivity contribution in [3.8, 4) is 0 Å². The Morgan fingerprint density at radius 2 is 1.95 bits per heavy atom. The molecule has 114 valence electrons. The van der Waals surface area contributed by atoms with Crippen LogP contribution in [-0.4, -0.2) is 29.8 Å². The molecule has 0 radical (unpaired) electrons. The first-order valence-corrected chi connectivity index (χ1v) is 8.19. The monoisotopic (exact) mass is 305 g/mol. The van der Waals surface area contributed by atoms with Crippen molar-refractivity contribution >= 4 is 16.5 Å². The molecule has 0 saturated heterocycles. The molecule has 0 spiro atoms. The summed E-state index contributed by atoms with van der Waals surface area (Å²) in [5.74, 6) is 0. The van der Waals surface area contributed by atoms with Crippen LogP contribution >= 0.6 is 11.3 Å². The summed E-state index contributed by atoms with van der Waals surface area (Å²) in [6.07, 6.45) is 1.92. The number of benzene rings is 1. The summed E-state index contributed by atoms with van der Waals surface area (Å²) in [5.41, 5.74) is 1.11. The van der Waals surface area contributed by atoms with Crippen LogP contribution < -0.4 is 10.2 Å². The first-order valence-electron chi connectivity index (χ1n) is 7.37. The maximum absolute atomic E-state index is 9.54. The molecule has 1 heterocycles. The molecule has 0 aliphatic rings. The lowest BCUT2D eigenvalue weighted by atomic mass is 10.1. The molecule has 2 rings (SSSR count). The van der Waals surface area contributed by atoms with Crippen LogP contribution in [0, 0.1) is 0 Å². The van der Waals surface area contributed by atoms with Gasteiger partial charge >= 0.3 is 0 Å². The van der Waals surface area contributed by atoms with Gasteiger partial charge in [0.05, 0.1) is 12.6 Å². The highest BCUT2D eigenvalue weighted by molar-refractivity contribution is 7.15. The Kier molecular flexibility index (Phi) is 6.17. The minimum atomic E-state index is -0.0368. The van der Waals surface area contributed by atoms with E-state index in [4.69, 9.17) is 0 Å². The number of aliphatic hydroxyl groups is 1. The van der Waals surface area contributed by atoms with Crippen molar-refractivity contribution in [3.05, 3.63) is 47.0 Å². The normalized spacial score (nSPS) is 12.3. The second-order valence-corrected chi connectivity index (χ2v) is 5.90. The van der Waals surface area contributed by atoms with Crippen molar-refractivity contribution in [1.82, 2.24) is 10.3 Å². The van der Waals surface area contributed by atoms with Crippen LogP contribution in [0.2, 0.25) is 0 Å². The number of nitrogens with one attached hydrogen (secondary N) is 1. The van der Waals surface area contributed by atoms with Gasteiger partial charge in [-0.3, -0.25) is 0 Å². The minimum Gasteiger partial charge on any atom is -0.394 e. The van der Waals surface area contributed by atoms with E-state index in [1.165, 1.54) is 4.88 Å². The predicted molar refractivity (Wildman–Crippen MR) is 88.8 cm³/mol. The van der Waals surface area contributed by atoms with E-state index < -0.39 is 0 Å². The van der Waals surface area contributed by atoms with Gasteiger partial charge in [-0.2, -0.15) is 0 Å². The smallest absolute Gasteiger partial charge is 0.185 e. The first kappa shape index (κ1) is 15.9. The highest BCUT2D eigenvalue weighted by Crippen LogP contribution is 2.23. The largest absolute Gasteiger partial charge is 0.394 e. The van der Waals surface area contributed by atoms with Crippen LogP contribution in [0.4, 0.5) is 5.13 Å². The van der Waals surface area contributed by atoms with E-state index in [2.05, 4.69) is 29.0 Å². The molecule has 2 aromatic rings. The van der Waals surface area contributed by atoms with Gasteiger partial charge in [0, 0.05) is 30.7 Å². The lowest BCUT2D eigenvalue weighted by molar-refractivity contribution is 0.244. The number of thiazole rings is 1. The Bertz CT molecular complexity index is 525. The van der Waals surface area contributed by atoms with Gasteiger partial charge in [0.15, 0.2) is 5.13 Å². The molecule has 21 heavy (non-hydrogen) atoms. The summed E-state index contributed by atoms with van der Waals surface area (Å²) >= 11 is 1.71. The predicted octanol–water partition coefficient (Wildman–Crippen LogP) is 2.81. The summed E-state index contributed by atoms with van der Waals surface area (Å²) < 4.78 is 0. The van der Waals surface area contributed by atoms with Crippen molar-refractivity contribution < 1.29 is 5.11 Å². The SMILES string of the molecule is CCN(CC)c1ncc(CN[C@H](CO)c2ccccc2)s1. The van der Waals surface area contributed by atoms with Crippen molar-refractivity contribution in [1.29, 1.82) is 0 Å². The molecule has 4 nitrogen and oxygen atoms in total. The van der Waals surface area contributed by atoms with Crippen LogP contribution in [0.15, 0.2) is 36.5 Å². The summed E-state index contributed by atoms with van der Waals surface area (Å²) in [7, 11) is 0. The van der Waals surface area contributed by atoms with Crippen molar-refractivity contribution in [2.24, 2.45) is 0 Å². The number of aliphatic hydroxyl groups excluding tert-OH is 1. The standard InChI is InChI=1S/C16H23N3OS/c1-3-19(4-2)16-18-11-14(21-16)10-17-15(12-20)13-8-6-5-7-9-13/h5-9,11,15,17,20H,3-4,10,12H2,1-2H3/t15-/m1/s1. The average Bonchev–Trinajstić information content (AvgIpc) is 2.99. The maximum atomic E-state index is 9.54. The molecule has 0 bridgehead atoms. The summed E-state index contributed by atoms with van der Waals surface area (Å²) in [4.78, 5) is 7.91. The van der Waals surface area contributed by atoms with E-state index in [1.807, 2.05) is 36.5 Å². The third-order valence-corrected chi connectivity index (χ3v) is 4.54. The molecule has 1 aromatic heterocycles. The number of anilines is 1. The summed E-state index contributed by atoms with van der Waals surface area (Å²) in [5, 5.41) is 14.0. The fraction of sp³-hybridized carbons (Fsp3) is 0.438. The number of aromatic nitrogens is 1. The van der Waals surface area contributed by atoms with Crippen LogP contribution in [0.25, 0.3) is 0 Å². The van der Waals surface area contributed by atoms with Gasteiger partial charge in [0.1, 0.15) is 0 Å². The molecular formula is C16H23N3OS. The Labute approximate surface area is 130 Å². The molecule has 0 unspecified atom stereocenters. The molecule has 0 aliphatic heterocycles. The zero-order valence-corrected chi connectivity index (χ0v) is 13.4. The molecule has 0 aliphatic carbocycles. The lowest BCUT2D eigenvalue weighted by Crippen LogP contribution is -2.23. The van der Waals surface area contributed by atoms with Gasteiger partial charge in [0.2, 0.25) is 0 Å². The number of nitrogens with zero attached hydrogens (tertiary/aromatic N) is 2. The van der Waals surface area contributed by atoms with E-state index in [0.29, 0.717) is 0 Å². The summed E-state index contributed by atoms with van der Waals surface area (Å²) in [6.45, 7) is 7.03. The Morgan fingerprint density at radius 1 is 1.24 bits per heavy atom. The maximum Gasteiger partial charge on any atom is 0.185 e. The molecule has 0 amide bonds. The van der Waals surface area contributed by atoms with Gasteiger partial charge < -0.3 is 15.3 Å². The molecule has 5 heteroatoms. The van der Waals surface area contributed by atoms with Crippen molar-refractivity contribution in [3.63, 3.8) is 0 Å². The Morgan fingerprint density at radius 3 is 2.57 bits per heavy atom. The van der Waals surface area contributed by atoms with E-state index in [1.54, 1.807) is 11.3 Å². The topological polar surface area (TPSA) is 48.4 Å². The molecule has 2 N–H and O–H groups in total. The zero-order chi connectivity index (χ0) is 15.1. The minimum absolute atomic E-state index is 0.0368. The number of hydrogen-bond donors (Lipinski definition) is 2. The average molecular weight is 305 g/mol. The highest BCUT2D eigenvalue weighted by atomic mass is 32.1. The van der Waals surface area contributed by atoms with Gasteiger partial charge in [-0.15, -0.1) is 11.3 Å². The van der Waals surface area contributed by atoms with E-state index in [-0.39, 0.29) is 12.6 Å². The Balaban J connectivity index is 1.96. The van der Waals surface area contributed by atoms with Crippen molar-refractivity contribution in [2.75, 3.05) is 24.6 Å². The first-order chi connectivity index (χ1) is 10.3. The van der Waals surface area contributed by atoms with Gasteiger partial charge in [-0.05, 0) is 19.4 Å². The second kappa shape index (κ2) is 8.12. The quantitative estimate of drug-likeness (QED) is 0.787. The fourth-order valence-electron chi connectivity index (χ4n) is 2.22. The number of rotatable bonds is 8. The fourth-order valence-corrected chi connectivity index (χ4v) is 3.20. The molecule has 1 atom stereocenters. The molecular weight excluding hydrogens is 282 g/mol. The van der Waals surface area contributed by atoms with Crippen LogP contribution in [0.3, 0.4) is 0 Å². The van der Waals surface area contributed by atoms with Crippen LogP contribution in [-0.2, 0) is 6.54 Å². The second-order valence-electron chi connectivity index (χ2n) is 4.81. The van der Waals surface area contributed by atoms with E-state index in [0.717, 1.165) is 30.3 Å². The summed E-state index contributed by atoms with van der Waals surface area (Å²) in [6, 6.07) is 9.99. The van der Waals surface area contributed by atoms with Gasteiger partial charge in [0.25, 0.3) is 0 Å². The third kappa shape index (κ3) is 4.27. The highest BCUT2D eigenvalue weighted by Gasteiger charge is 2.11. The zero-order valence-electron chi connectivity index (χ0n) is 12.6. The van der Waals surface area contributed by atoms with Gasteiger partial charge in [-0.1, -0.05) is 30.3 Å². The molecule has 1 aromatic carbocycles. The van der Waals surface area contributed by atoms with E-state index in [9.17, 15) is 5.11 Å². The molecule has 0 saturated carbocycles. The third-order valence-electron chi connectivity index (χ3n) is 3.48. The van der Waals surface area contributed by atoms with E-state index >= 15 is 0 Å². The molecule has 0 fully saturated rings. The Hall–Kier alpha value is -1.43. The van der Waals surface area contributed by atoms with Crippen molar-refractivity contribution in [2.45, 2.75) is 26.4 Å². The van der Waals surface area contributed by atoms with Gasteiger partial charge in [-0.25, -0.2) is 4.98 Å². The van der Waals surface area contributed by atoms with Crippen LogP contribution in [0.1, 0.15) is 30.3 Å².